The van der Waals surface area contributed by atoms with Gasteiger partial charge in [-0.25, -0.2) is 4.98 Å². The minimum Gasteiger partial charge on any atom is -0.337 e. The van der Waals surface area contributed by atoms with Crippen molar-refractivity contribution in [2.45, 2.75) is 6.54 Å². The Morgan fingerprint density at radius 1 is 1.07 bits per heavy atom. The van der Waals surface area contributed by atoms with Crippen LogP contribution >= 0.6 is 11.3 Å². The summed E-state index contributed by atoms with van der Waals surface area (Å²) in [5.74, 6) is 0.562. The summed E-state index contributed by atoms with van der Waals surface area (Å²) in [5.41, 5.74) is 5.16. The van der Waals surface area contributed by atoms with Gasteiger partial charge in [0.05, 0.1) is 28.0 Å². The topological polar surface area (TPSA) is 70.3 Å². The van der Waals surface area contributed by atoms with Crippen molar-refractivity contribution in [3.63, 3.8) is 0 Å². The van der Waals surface area contributed by atoms with Gasteiger partial charge in [0.2, 0.25) is 0 Å². The fourth-order valence-electron chi connectivity index (χ4n) is 3.39. The second-order valence-corrected chi connectivity index (χ2v) is 7.81. The summed E-state index contributed by atoms with van der Waals surface area (Å²) in [5, 5.41) is 16.7. The van der Waals surface area contributed by atoms with Crippen LogP contribution in [0.3, 0.4) is 0 Å². The molecule has 30 heavy (non-hydrogen) atoms. The lowest BCUT2D eigenvalue weighted by Crippen LogP contribution is -1.99. The van der Waals surface area contributed by atoms with Crippen LogP contribution in [0.4, 0.5) is 0 Å². The first kappa shape index (κ1) is 18.1. The van der Waals surface area contributed by atoms with Crippen molar-refractivity contribution in [1.29, 1.82) is 5.26 Å². The predicted octanol–water partition coefficient (Wildman–Crippen LogP) is 5.60. The monoisotopic (exact) mass is 407 g/mol. The quantitative estimate of drug-likeness (QED) is 0.386. The van der Waals surface area contributed by atoms with Gasteiger partial charge in [-0.3, -0.25) is 4.68 Å². The Bertz CT molecular complexity index is 1340. The normalized spacial score (nSPS) is 11.6. The van der Waals surface area contributed by atoms with Crippen LogP contribution in [0.15, 0.2) is 78.3 Å². The number of thiophene rings is 1. The number of allylic oxidation sites excluding steroid dienone is 1. The molecule has 0 unspecified atom stereocenters. The molecule has 0 aliphatic carbocycles. The number of aromatic nitrogens is 4. The highest BCUT2D eigenvalue weighted by atomic mass is 32.1. The first-order valence-corrected chi connectivity index (χ1v) is 10.4. The summed E-state index contributed by atoms with van der Waals surface area (Å²) >= 11 is 1.63. The van der Waals surface area contributed by atoms with Crippen LogP contribution in [-0.2, 0) is 6.54 Å². The Labute approximate surface area is 177 Å². The molecule has 0 radical (unpaired) electrons. The maximum atomic E-state index is 9.83. The lowest BCUT2D eigenvalue weighted by Gasteiger charge is -2.00. The molecule has 3 heterocycles. The Hall–Kier alpha value is -3.95. The zero-order valence-corrected chi connectivity index (χ0v) is 16.8. The molecule has 1 N–H and O–H groups in total. The summed E-state index contributed by atoms with van der Waals surface area (Å²) in [7, 11) is 0. The minimum absolute atomic E-state index is 0.475. The Morgan fingerprint density at radius 3 is 2.67 bits per heavy atom. The highest BCUT2D eigenvalue weighted by Crippen LogP contribution is 2.30. The summed E-state index contributed by atoms with van der Waals surface area (Å²) < 4.78 is 1.92. The van der Waals surface area contributed by atoms with E-state index in [2.05, 4.69) is 28.2 Å². The number of hydrogen-bond donors (Lipinski definition) is 1. The van der Waals surface area contributed by atoms with E-state index in [9.17, 15) is 5.26 Å². The van der Waals surface area contributed by atoms with E-state index in [1.807, 2.05) is 76.9 Å². The maximum Gasteiger partial charge on any atom is 0.149 e. The molecule has 5 rings (SSSR count). The average molecular weight is 408 g/mol. The zero-order chi connectivity index (χ0) is 20.3. The van der Waals surface area contributed by atoms with Crippen molar-refractivity contribution in [1.82, 2.24) is 19.7 Å². The number of hydrogen-bond acceptors (Lipinski definition) is 4. The Kier molecular flexibility index (Phi) is 4.72. The number of imidazole rings is 1. The number of nitrogens with one attached hydrogen (secondary N) is 1. The third-order valence-electron chi connectivity index (χ3n) is 4.80. The molecule has 0 aliphatic heterocycles. The smallest absolute Gasteiger partial charge is 0.149 e. The molecular formula is C24H17N5S. The Balaban J connectivity index is 1.58. The van der Waals surface area contributed by atoms with E-state index in [0.29, 0.717) is 17.9 Å². The van der Waals surface area contributed by atoms with Gasteiger partial charge < -0.3 is 4.98 Å². The second-order valence-electron chi connectivity index (χ2n) is 6.87. The van der Waals surface area contributed by atoms with E-state index in [0.717, 1.165) is 27.2 Å². The van der Waals surface area contributed by atoms with Crippen molar-refractivity contribution in [3.8, 4) is 16.6 Å². The third-order valence-corrected chi connectivity index (χ3v) is 5.67. The van der Waals surface area contributed by atoms with Crippen LogP contribution in [0, 0.1) is 11.3 Å². The van der Waals surface area contributed by atoms with Gasteiger partial charge in [-0.15, -0.1) is 11.3 Å². The number of fused-ring (bicyclic) bond motifs is 1. The number of para-hydroxylation sites is 2. The summed E-state index contributed by atoms with van der Waals surface area (Å²) in [4.78, 5) is 8.88. The van der Waals surface area contributed by atoms with Gasteiger partial charge in [0.25, 0.3) is 0 Å². The first-order chi connectivity index (χ1) is 14.8. The largest absolute Gasteiger partial charge is 0.337 e. The molecule has 0 spiro atoms. The minimum atomic E-state index is 0.475. The van der Waals surface area contributed by atoms with E-state index < -0.39 is 0 Å². The fourth-order valence-corrected chi connectivity index (χ4v) is 4.12. The van der Waals surface area contributed by atoms with Gasteiger partial charge in [-0.05, 0) is 35.2 Å². The molecular weight excluding hydrogens is 390 g/mol. The molecule has 2 aromatic carbocycles. The first-order valence-electron chi connectivity index (χ1n) is 9.52. The average Bonchev–Trinajstić information content (AvgIpc) is 3.52. The fraction of sp³-hybridized carbons (Fsp3) is 0.0417. The number of benzene rings is 2. The van der Waals surface area contributed by atoms with Gasteiger partial charge in [0.1, 0.15) is 17.6 Å². The molecule has 0 amide bonds. The van der Waals surface area contributed by atoms with Crippen molar-refractivity contribution >= 4 is 34.0 Å². The molecule has 0 saturated heterocycles. The zero-order valence-electron chi connectivity index (χ0n) is 16.0. The van der Waals surface area contributed by atoms with Crippen LogP contribution in [0.25, 0.3) is 33.3 Å². The molecule has 0 atom stereocenters. The number of H-pyrrole nitrogens is 1. The van der Waals surface area contributed by atoms with Crippen LogP contribution < -0.4 is 0 Å². The molecule has 0 aliphatic rings. The lowest BCUT2D eigenvalue weighted by atomic mass is 10.1. The standard InChI is InChI=1S/C24H17N5S/c25-14-18(24-26-20-9-4-5-10-21(20)27-24)13-19-16-29(15-17-7-2-1-3-8-17)28-23(19)22-11-6-12-30-22/h1-13,16H,15H2,(H,26,27)/b18-13+. The molecule has 0 bridgehead atoms. The van der Waals surface area contributed by atoms with Gasteiger partial charge in [0.15, 0.2) is 0 Å². The van der Waals surface area contributed by atoms with E-state index in [1.165, 1.54) is 5.56 Å². The van der Waals surface area contributed by atoms with Crippen LogP contribution in [0.5, 0.6) is 0 Å². The van der Waals surface area contributed by atoms with Gasteiger partial charge >= 0.3 is 0 Å². The summed E-state index contributed by atoms with van der Waals surface area (Å²) in [6.45, 7) is 0.666. The molecule has 3 aromatic heterocycles. The molecule has 0 saturated carbocycles. The maximum absolute atomic E-state index is 9.83. The molecule has 5 nitrogen and oxygen atoms in total. The number of rotatable bonds is 5. The van der Waals surface area contributed by atoms with E-state index in [-0.39, 0.29) is 0 Å². The molecule has 5 aromatic rings. The van der Waals surface area contributed by atoms with E-state index in [1.54, 1.807) is 11.3 Å². The molecule has 144 valence electrons. The van der Waals surface area contributed by atoms with Gasteiger partial charge in [-0.1, -0.05) is 48.5 Å². The van der Waals surface area contributed by atoms with Crippen molar-refractivity contribution in [2.24, 2.45) is 0 Å². The van der Waals surface area contributed by atoms with Crippen LogP contribution in [-0.4, -0.2) is 19.7 Å². The van der Waals surface area contributed by atoms with Crippen molar-refractivity contribution in [3.05, 3.63) is 95.3 Å². The van der Waals surface area contributed by atoms with E-state index in [4.69, 9.17) is 5.10 Å². The van der Waals surface area contributed by atoms with Gasteiger partial charge in [0, 0.05) is 11.8 Å². The SMILES string of the molecule is N#C/C(=C\c1cn(Cc2ccccc2)nc1-c1cccs1)c1nc2ccccc2[nH]1. The highest BCUT2D eigenvalue weighted by molar-refractivity contribution is 7.13. The molecule has 6 heteroatoms. The summed E-state index contributed by atoms with van der Waals surface area (Å²) in [6, 6.07) is 24.3. The van der Waals surface area contributed by atoms with E-state index >= 15 is 0 Å². The predicted molar refractivity (Wildman–Crippen MR) is 121 cm³/mol. The second kappa shape index (κ2) is 7.82. The Morgan fingerprint density at radius 2 is 1.90 bits per heavy atom. The summed E-state index contributed by atoms with van der Waals surface area (Å²) in [6.07, 6.45) is 3.85. The van der Waals surface area contributed by atoms with Crippen LogP contribution in [0.1, 0.15) is 17.0 Å². The van der Waals surface area contributed by atoms with Crippen molar-refractivity contribution in [2.75, 3.05) is 0 Å². The number of nitrogens with zero attached hydrogens (tertiary/aromatic N) is 4. The lowest BCUT2D eigenvalue weighted by molar-refractivity contribution is 0.689. The third kappa shape index (κ3) is 3.54. The number of aromatic amines is 1. The van der Waals surface area contributed by atoms with Gasteiger partial charge in [-0.2, -0.15) is 10.4 Å². The molecule has 0 fully saturated rings. The highest BCUT2D eigenvalue weighted by Gasteiger charge is 2.14. The van der Waals surface area contributed by atoms with Crippen LogP contribution in [0.2, 0.25) is 0 Å². The number of nitriles is 1. The van der Waals surface area contributed by atoms with Crippen molar-refractivity contribution < 1.29 is 0 Å².